The fraction of sp³-hybridized carbons (Fsp3) is 0.263. The normalized spacial score (nSPS) is 15.8. The van der Waals surface area contributed by atoms with Gasteiger partial charge in [0.15, 0.2) is 5.58 Å². The molecule has 1 saturated heterocycles. The van der Waals surface area contributed by atoms with E-state index in [4.69, 9.17) is 4.52 Å². The highest BCUT2D eigenvalue weighted by atomic mass is 19.1. The molecule has 0 bridgehead atoms. The molecule has 4 rings (SSSR count). The topological polar surface area (TPSA) is 46.3 Å². The molecular formula is C19H17FN2O2. The monoisotopic (exact) mass is 324 g/mol. The fourth-order valence-electron chi connectivity index (χ4n) is 3.34. The van der Waals surface area contributed by atoms with Crippen LogP contribution in [0, 0.1) is 5.82 Å². The number of halogens is 1. The standard InChI is InChI=1S/C19H17FN2O2/c20-15-6-7-16-17(12-15)24-21-18(16)13-8-10-22(11-9-13)19(23)14-4-2-1-3-5-14/h1-7,12-13H,8-11H2. The maximum absolute atomic E-state index is 13.3. The fourth-order valence-corrected chi connectivity index (χ4v) is 3.34. The predicted octanol–water partition coefficient (Wildman–Crippen LogP) is 3.99. The molecule has 1 amide bonds. The molecule has 0 atom stereocenters. The quantitative estimate of drug-likeness (QED) is 0.716. The van der Waals surface area contributed by atoms with Crippen molar-refractivity contribution in [2.24, 2.45) is 0 Å². The van der Waals surface area contributed by atoms with Crippen molar-refractivity contribution in [3.8, 4) is 0 Å². The molecule has 0 spiro atoms. The summed E-state index contributed by atoms with van der Waals surface area (Å²) in [5.74, 6) is -0.0221. The first kappa shape index (κ1) is 14.9. The minimum atomic E-state index is -0.325. The Morgan fingerprint density at radius 3 is 2.62 bits per heavy atom. The third-order valence-electron chi connectivity index (χ3n) is 4.65. The molecule has 5 heteroatoms. The van der Waals surface area contributed by atoms with E-state index >= 15 is 0 Å². The molecule has 0 radical (unpaired) electrons. The highest BCUT2D eigenvalue weighted by Gasteiger charge is 2.27. The van der Waals surface area contributed by atoms with E-state index in [1.165, 1.54) is 12.1 Å². The van der Waals surface area contributed by atoms with Gasteiger partial charge in [-0.3, -0.25) is 4.79 Å². The highest BCUT2D eigenvalue weighted by Crippen LogP contribution is 2.33. The largest absolute Gasteiger partial charge is 0.356 e. The zero-order valence-corrected chi connectivity index (χ0v) is 13.1. The third kappa shape index (κ3) is 2.66. The molecule has 0 unspecified atom stereocenters. The maximum Gasteiger partial charge on any atom is 0.253 e. The number of hydrogen-bond acceptors (Lipinski definition) is 3. The van der Waals surface area contributed by atoms with Crippen LogP contribution in [0.5, 0.6) is 0 Å². The Labute approximate surface area is 138 Å². The number of nitrogens with zero attached hydrogens (tertiary/aromatic N) is 2. The van der Waals surface area contributed by atoms with Crippen LogP contribution in [0.2, 0.25) is 0 Å². The molecule has 0 N–H and O–H groups in total. The van der Waals surface area contributed by atoms with Crippen LogP contribution in [0.25, 0.3) is 11.0 Å². The Hall–Kier alpha value is -2.69. The first-order valence-electron chi connectivity index (χ1n) is 8.11. The zero-order valence-electron chi connectivity index (χ0n) is 13.1. The molecule has 1 aliphatic heterocycles. The maximum atomic E-state index is 13.3. The lowest BCUT2D eigenvalue weighted by Gasteiger charge is -2.31. The van der Waals surface area contributed by atoms with Crippen molar-refractivity contribution in [2.75, 3.05) is 13.1 Å². The van der Waals surface area contributed by atoms with Crippen molar-refractivity contribution in [2.45, 2.75) is 18.8 Å². The Kier molecular flexibility index (Phi) is 3.76. The summed E-state index contributed by atoms with van der Waals surface area (Å²) in [5.41, 5.74) is 2.07. The van der Waals surface area contributed by atoms with E-state index in [0.29, 0.717) is 18.7 Å². The van der Waals surface area contributed by atoms with Gasteiger partial charge < -0.3 is 9.42 Å². The lowest BCUT2D eigenvalue weighted by atomic mass is 9.91. The molecule has 1 fully saturated rings. The minimum absolute atomic E-state index is 0.0705. The summed E-state index contributed by atoms with van der Waals surface area (Å²) in [6.07, 6.45) is 1.66. The van der Waals surface area contributed by atoms with Crippen LogP contribution in [-0.2, 0) is 0 Å². The molecule has 0 saturated carbocycles. The molecule has 1 aliphatic rings. The van der Waals surface area contributed by atoms with Crippen molar-refractivity contribution in [3.63, 3.8) is 0 Å². The van der Waals surface area contributed by atoms with E-state index in [0.717, 1.165) is 29.5 Å². The number of hydrogen-bond donors (Lipinski definition) is 0. The van der Waals surface area contributed by atoms with Crippen LogP contribution in [0.15, 0.2) is 53.1 Å². The van der Waals surface area contributed by atoms with Crippen LogP contribution in [0.1, 0.15) is 34.8 Å². The van der Waals surface area contributed by atoms with Crippen molar-refractivity contribution >= 4 is 16.9 Å². The van der Waals surface area contributed by atoms with Gasteiger partial charge in [0.05, 0.1) is 5.69 Å². The molecule has 1 aromatic heterocycles. The summed E-state index contributed by atoms with van der Waals surface area (Å²) in [6, 6.07) is 13.8. The lowest BCUT2D eigenvalue weighted by Crippen LogP contribution is -2.38. The van der Waals surface area contributed by atoms with E-state index in [1.54, 1.807) is 6.07 Å². The summed E-state index contributed by atoms with van der Waals surface area (Å²) < 4.78 is 18.5. The number of rotatable bonds is 2. The van der Waals surface area contributed by atoms with Gasteiger partial charge in [0, 0.05) is 36.0 Å². The average molecular weight is 324 g/mol. The van der Waals surface area contributed by atoms with Gasteiger partial charge in [0.1, 0.15) is 5.82 Å². The summed E-state index contributed by atoms with van der Waals surface area (Å²) in [6.45, 7) is 1.38. The van der Waals surface area contributed by atoms with Crippen LogP contribution in [0.4, 0.5) is 4.39 Å². The van der Waals surface area contributed by atoms with Crippen molar-refractivity contribution in [1.29, 1.82) is 0 Å². The lowest BCUT2D eigenvalue weighted by molar-refractivity contribution is 0.0712. The summed E-state index contributed by atoms with van der Waals surface area (Å²) in [5, 5.41) is 5.01. The molecule has 4 nitrogen and oxygen atoms in total. The molecule has 24 heavy (non-hydrogen) atoms. The van der Waals surface area contributed by atoms with Gasteiger partial charge in [-0.1, -0.05) is 23.4 Å². The van der Waals surface area contributed by atoms with Crippen LogP contribution >= 0.6 is 0 Å². The second-order valence-corrected chi connectivity index (χ2v) is 6.14. The van der Waals surface area contributed by atoms with Crippen LogP contribution in [0.3, 0.4) is 0 Å². The number of carbonyl (C=O) groups excluding carboxylic acids is 1. The Morgan fingerprint density at radius 2 is 1.88 bits per heavy atom. The smallest absolute Gasteiger partial charge is 0.253 e. The Morgan fingerprint density at radius 1 is 1.12 bits per heavy atom. The third-order valence-corrected chi connectivity index (χ3v) is 4.65. The van der Waals surface area contributed by atoms with Gasteiger partial charge in [-0.05, 0) is 37.1 Å². The van der Waals surface area contributed by atoms with Crippen molar-refractivity contribution in [3.05, 3.63) is 65.6 Å². The van der Waals surface area contributed by atoms with E-state index in [2.05, 4.69) is 5.16 Å². The van der Waals surface area contributed by atoms with E-state index < -0.39 is 0 Å². The summed E-state index contributed by atoms with van der Waals surface area (Å²) >= 11 is 0. The highest BCUT2D eigenvalue weighted by molar-refractivity contribution is 5.94. The number of piperidine rings is 1. The van der Waals surface area contributed by atoms with E-state index in [-0.39, 0.29) is 17.6 Å². The van der Waals surface area contributed by atoms with Crippen LogP contribution in [-0.4, -0.2) is 29.1 Å². The van der Waals surface area contributed by atoms with Gasteiger partial charge in [0.25, 0.3) is 5.91 Å². The van der Waals surface area contributed by atoms with Gasteiger partial charge in [-0.2, -0.15) is 0 Å². The molecule has 2 aromatic carbocycles. The molecule has 2 heterocycles. The molecular weight excluding hydrogens is 307 g/mol. The number of fused-ring (bicyclic) bond motifs is 1. The first-order chi connectivity index (χ1) is 11.7. The van der Waals surface area contributed by atoms with Gasteiger partial charge in [-0.25, -0.2) is 4.39 Å². The zero-order chi connectivity index (χ0) is 16.5. The number of benzene rings is 2. The second kappa shape index (κ2) is 6.07. The molecule has 3 aromatic rings. The van der Waals surface area contributed by atoms with Gasteiger partial charge in [0.2, 0.25) is 0 Å². The van der Waals surface area contributed by atoms with Gasteiger partial charge in [-0.15, -0.1) is 0 Å². The summed E-state index contributed by atoms with van der Waals surface area (Å²) in [4.78, 5) is 14.4. The Bertz CT molecular complexity index is 867. The van der Waals surface area contributed by atoms with Crippen LogP contribution < -0.4 is 0 Å². The van der Waals surface area contributed by atoms with E-state index in [9.17, 15) is 9.18 Å². The first-order valence-corrected chi connectivity index (χ1v) is 8.11. The molecule has 122 valence electrons. The van der Waals surface area contributed by atoms with Gasteiger partial charge >= 0.3 is 0 Å². The number of aromatic nitrogens is 1. The average Bonchev–Trinajstić information content (AvgIpc) is 3.05. The minimum Gasteiger partial charge on any atom is -0.356 e. The second-order valence-electron chi connectivity index (χ2n) is 6.14. The van der Waals surface area contributed by atoms with E-state index in [1.807, 2.05) is 35.2 Å². The van der Waals surface area contributed by atoms with Crippen molar-refractivity contribution < 1.29 is 13.7 Å². The van der Waals surface area contributed by atoms with Crippen molar-refractivity contribution in [1.82, 2.24) is 10.1 Å². The molecule has 0 aliphatic carbocycles. The number of carbonyl (C=O) groups is 1. The Balaban J connectivity index is 1.48. The predicted molar refractivity (Wildman–Crippen MR) is 88.3 cm³/mol. The SMILES string of the molecule is O=C(c1ccccc1)N1CCC(c2noc3cc(F)ccc23)CC1. The summed E-state index contributed by atoms with van der Waals surface area (Å²) in [7, 11) is 0. The number of amides is 1. The number of likely N-dealkylation sites (tertiary alicyclic amines) is 1.